The first-order valence-corrected chi connectivity index (χ1v) is 15.9. The number of aryl methyl sites for hydroxylation is 1. The molecule has 2 amide bonds. The van der Waals surface area contributed by atoms with Gasteiger partial charge >= 0.3 is 0 Å². The largest absolute Gasteiger partial charge is 0.497 e. The van der Waals surface area contributed by atoms with Crippen LogP contribution in [-0.2, 0) is 26.2 Å². The molecule has 41 heavy (non-hydrogen) atoms. The van der Waals surface area contributed by atoms with E-state index in [0.29, 0.717) is 11.4 Å². The molecule has 0 aliphatic rings. The van der Waals surface area contributed by atoms with Crippen molar-refractivity contribution in [2.75, 3.05) is 24.2 Å². The number of hydrogen-bond donors (Lipinski definition) is 1. The Bertz CT molecular complexity index is 1450. The van der Waals surface area contributed by atoms with E-state index in [1.54, 1.807) is 80.8 Å². The maximum Gasteiger partial charge on any atom is 0.264 e. The van der Waals surface area contributed by atoms with E-state index in [1.165, 1.54) is 16.7 Å². The number of ether oxygens (including phenoxy) is 1. The van der Waals surface area contributed by atoms with Gasteiger partial charge in [-0.15, -0.1) is 11.8 Å². The average molecular weight is 598 g/mol. The fourth-order valence-electron chi connectivity index (χ4n) is 4.14. The van der Waals surface area contributed by atoms with Crippen LogP contribution in [0.4, 0.5) is 5.69 Å². The van der Waals surface area contributed by atoms with Gasteiger partial charge in [-0.1, -0.05) is 29.8 Å². The zero-order chi connectivity index (χ0) is 30.4. The van der Waals surface area contributed by atoms with Gasteiger partial charge in [-0.25, -0.2) is 8.42 Å². The number of hydrogen-bond acceptors (Lipinski definition) is 6. The van der Waals surface area contributed by atoms with Gasteiger partial charge < -0.3 is 15.0 Å². The summed E-state index contributed by atoms with van der Waals surface area (Å²) in [5.74, 6) is -0.250. The number of sulfonamides is 1. The summed E-state index contributed by atoms with van der Waals surface area (Å²) in [6.07, 6.45) is 1.91. The molecule has 0 bridgehead atoms. The second-order valence-electron chi connectivity index (χ2n) is 10.8. The summed E-state index contributed by atoms with van der Waals surface area (Å²) in [4.78, 5) is 29.7. The highest BCUT2D eigenvalue weighted by Gasteiger charge is 2.33. The van der Waals surface area contributed by atoms with Crippen molar-refractivity contribution in [2.45, 2.75) is 62.5 Å². The predicted octanol–water partition coefficient (Wildman–Crippen LogP) is 5.25. The van der Waals surface area contributed by atoms with Gasteiger partial charge in [0.15, 0.2) is 0 Å². The first kappa shape index (κ1) is 32.0. The van der Waals surface area contributed by atoms with E-state index in [9.17, 15) is 18.0 Å². The van der Waals surface area contributed by atoms with Crippen molar-refractivity contribution >= 4 is 39.3 Å². The summed E-state index contributed by atoms with van der Waals surface area (Å²) < 4.78 is 34.4. The highest BCUT2D eigenvalue weighted by Crippen LogP contribution is 2.27. The molecule has 220 valence electrons. The number of methoxy groups -OCH3 is 1. The Labute approximate surface area is 248 Å². The molecule has 8 nitrogen and oxygen atoms in total. The Morgan fingerprint density at radius 2 is 1.63 bits per heavy atom. The van der Waals surface area contributed by atoms with E-state index in [2.05, 4.69) is 5.32 Å². The smallest absolute Gasteiger partial charge is 0.264 e. The van der Waals surface area contributed by atoms with Crippen LogP contribution in [0.1, 0.15) is 38.8 Å². The number of rotatable bonds is 11. The molecule has 3 aromatic carbocycles. The van der Waals surface area contributed by atoms with Gasteiger partial charge in [0.1, 0.15) is 18.3 Å². The molecular weight excluding hydrogens is 558 g/mol. The minimum Gasteiger partial charge on any atom is -0.497 e. The summed E-state index contributed by atoms with van der Waals surface area (Å²) in [6.45, 7) is 8.72. The van der Waals surface area contributed by atoms with Crippen molar-refractivity contribution in [1.82, 2.24) is 10.2 Å². The third-order valence-corrected chi connectivity index (χ3v) is 8.93. The van der Waals surface area contributed by atoms with Crippen LogP contribution in [0.5, 0.6) is 5.75 Å². The van der Waals surface area contributed by atoms with Gasteiger partial charge in [0.2, 0.25) is 11.8 Å². The van der Waals surface area contributed by atoms with Crippen molar-refractivity contribution in [3.05, 3.63) is 83.9 Å². The molecule has 0 aromatic heterocycles. The lowest BCUT2D eigenvalue weighted by Crippen LogP contribution is -2.54. The number of anilines is 1. The summed E-state index contributed by atoms with van der Waals surface area (Å²) in [5, 5.41) is 2.93. The molecule has 0 aliphatic heterocycles. The van der Waals surface area contributed by atoms with Crippen molar-refractivity contribution < 1.29 is 22.7 Å². The van der Waals surface area contributed by atoms with Crippen LogP contribution in [0.25, 0.3) is 0 Å². The van der Waals surface area contributed by atoms with Gasteiger partial charge in [0.05, 0.1) is 17.7 Å². The minimum atomic E-state index is -4.12. The fourth-order valence-corrected chi connectivity index (χ4v) is 5.96. The molecule has 0 saturated heterocycles. The maximum atomic E-state index is 14.0. The molecule has 3 rings (SSSR count). The lowest BCUT2D eigenvalue weighted by molar-refractivity contribution is -0.140. The molecular formula is C31H39N3O5S2. The number of benzene rings is 3. The topological polar surface area (TPSA) is 96.0 Å². The third-order valence-electron chi connectivity index (χ3n) is 6.40. The van der Waals surface area contributed by atoms with E-state index >= 15 is 0 Å². The monoisotopic (exact) mass is 597 g/mol. The Balaban J connectivity index is 2.04. The first-order chi connectivity index (χ1) is 19.2. The summed E-state index contributed by atoms with van der Waals surface area (Å²) in [7, 11) is -2.57. The molecule has 0 spiro atoms. The lowest BCUT2D eigenvalue weighted by atomic mass is 10.1. The predicted molar refractivity (Wildman–Crippen MR) is 165 cm³/mol. The highest BCUT2D eigenvalue weighted by atomic mass is 32.2. The van der Waals surface area contributed by atoms with Gasteiger partial charge in [0.25, 0.3) is 10.0 Å². The van der Waals surface area contributed by atoms with Crippen molar-refractivity contribution in [3.8, 4) is 5.75 Å². The van der Waals surface area contributed by atoms with Crippen LogP contribution in [0.2, 0.25) is 0 Å². The van der Waals surface area contributed by atoms with E-state index in [1.807, 2.05) is 40.0 Å². The molecule has 1 atom stereocenters. The molecule has 0 aliphatic carbocycles. The molecule has 1 N–H and O–H groups in total. The van der Waals surface area contributed by atoms with Crippen LogP contribution in [0.3, 0.4) is 0 Å². The molecule has 10 heteroatoms. The van der Waals surface area contributed by atoms with E-state index in [-0.39, 0.29) is 17.3 Å². The number of thioether (sulfide) groups is 1. The third kappa shape index (κ3) is 8.50. The van der Waals surface area contributed by atoms with E-state index in [0.717, 1.165) is 20.3 Å². The Morgan fingerprint density at radius 1 is 1.00 bits per heavy atom. The Hall–Kier alpha value is -3.50. The molecule has 3 aromatic rings. The number of carbonyl (C=O) groups excluding carboxylic acids is 2. The van der Waals surface area contributed by atoms with Crippen LogP contribution in [0.15, 0.2) is 82.6 Å². The Kier molecular flexibility index (Phi) is 10.5. The number of nitrogens with one attached hydrogen (secondary N) is 1. The summed E-state index contributed by atoms with van der Waals surface area (Å²) in [5.41, 5.74) is 1.53. The van der Waals surface area contributed by atoms with Crippen LogP contribution in [0, 0.1) is 6.92 Å². The summed E-state index contributed by atoms with van der Waals surface area (Å²) in [6, 6.07) is 19.8. The number of amides is 2. The first-order valence-electron chi connectivity index (χ1n) is 13.2. The fraction of sp³-hybridized carbons (Fsp3) is 0.355. The van der Waals surface area contributed by atoms with E-state index in [4.69, 9.17) is 4.74 Å². The molecule has 0 radical (unpaired) electrons. The molecule has 0 saturated carbocycles. The van der Waals surface area contributed by atoms with Crippen molar-refractivity contribution in [1.29, 1.82) is 0 Å². The molecule has 0 heterocycles. The van der Waals surface area contributed by atoms with Crippen LogP contribution in [-0.4, -0.2) is 56.6 Å². The van der Waals surface area contributed by atoms with Crippen LogP contribution >= 0.6 is 11.8 Å². The highest BCUT2D eigenvalue weighted by molar-refractivity contribution is 7.98. The average Bonchev–Trinajstić information content (AvgIpc) is 2.93. The SMILES string of the molecule is COc1cccc(CN(C(=O)CN(c2ccc(C)cc2)S(=O)(=O)c2ccc(SC)cc2)[C@@H](C)C(=O)NC(C)(C)C)c1. The zero-order valence-corrected chi connectivity index (χ0v) is 26.3. The van der Waals surface area contributed by atoms with Crippen molar-refractivity contribution in [3.63, 3.8) is 0 Å². The minimum absolute atomic E-state index is 0.0709. The van der Waals surface area contributed by atoms with Crippen LogP contribution < -0.4 is 14.4 Å². The second-order valence-corrected chi connectivity index (χ2v) is 13.6. The normalized spacial score (nSPS) is 12.4. The molecule has 0 fully saturated rings. The molecule has 0 unspecified atom stereocenters. The Morgan fingerprint density at radius 3 is 2.20 bits per heavy atom. The standard InChI is InChI=1S/C31H39N3O5S2/c1-22-11-13-25(14-12-22)34(41(37,38)28-17-15-27(40-7)16-18-28)21-29(35)33(23(2)30(36)32-31(3,4)5)20-24-9-8-10-26(19-24)39-6/h8-19,23H,20-21H2,1-7H3,(H,32,36)/t23-/m0/s1. The van der Waals surface area contributed by atoms with Gasteiger partial charge in [-0.3, -0.25) is 13.9 Å². The number of nitrogens with zero attached hydrogens (tertiary/aromatic N) is 2. The second kappa shape index (κ2) is 13.4. The van der Waals surface area contributed by atoms with Gasteiger partial charge in [-0.2, -0.15) is 0 Å². The van der Waals surface area contributed by atoms with E-state index < -0.39 is 34.1 Å². The lowest BCUT2D eigenvalue weighted by Gasteiger charge is -2.33. The summed E-state index contributed by atoms with van der Waals surface area (Å²) >= 11 is 1.51. The van der Waals surface area contributed by atoms with Gasteiger partial charge in [0, 0.05) is 17.0 Å². The van der Waals surface area contributed by atoms with Gasteiger partial charge in [-0.05, 0) is 95.0 Å². The number of carbonyl (C=O) groups is 2. The maximum absolute atomic E-state index is 14.0. The quantitative estimate of drug-likeness (QED) is 0.303. The van der Waals surface area contributed by atoms with Crippen molar-refractivity contribution in [2.24, 2.45) is 0 Å². The zero-order valence-electron chi connectivity index (χ0n) is 24.7.